The molecule has 4 nitrogen and oxygen atoms in total. The van der Waals surface area contributed by atoms with Gasteiger partial charge in [-0.15, -0.1) is 6.58 Å². The van der Waals surface area contributed by atoms with Crippen molar-refractivity contribution in [2.75, 3.05) is 18.0 Å². The topological polar surface area (TPSA) is 46.6 Å². The van der Waals surface area contributed by atoms with Gasteiger partial charge in [-0.2, -0.15) is 13.2 Å². The van der Waals surface area contributed by atoms with Gasteiger partial charge >= 0.3 is 6.18 Å². The molecular formula is C17H15ClF3NO3S. The van der Waals surface area contributed by atoms with Gasteiger partial charge in [0.25, 0.3) is 10.0 Å². The quantitative estimate of drug-likeness (QED) is 0.651. The number of anilines is 1. The van der Waals surface area contributed by atoms with E-state index in [1.54, 1.807) is 0 Å². The number of hydrogen-bond acceptors (Lipinski definition) is 3. The summed E-state index contributed by atoms with van der Waals surface area (Å²) in [6.07, 6.45) is -3.37. The van der Waals surface area contributed by atoms with E-state index in [1.165, 1.54) is 37.5 Å². The maximum Gasteiger partial charge on any atom is 0.416 e. The zero-order valence-corrected chi connectivity index (χ0v) is 15.2. The van der Waals surface area contributed by atoms with Crippen LogP contribution in [0.5, 0.6) is 5.75 Å². The summed E-state index contributed by atoms with van der Waals surface area (Å²) in [7, 11) is -2.74. The first kappa shape index (κ1) is 20.1. The molecule has 0 aliphatic heterocycles. The number of rotatable bonds is 6. The van der Waals surface area contributed by atoms with E-state index in [0.717, 1.165) is 16.4 Å². The van der Waals surface area contributed by atoms with Crippen LogP contribution in [-0.4, -0.2) is 22.1 Å². The third-order valence-electron chi connectivity index (χ3n) is 3.48. The van der Waals surface area contributed by atoms with Crippen LogP contribution in [0.15, 0.2) is 60.0 Å². The summed E-state index contributed by atoms with van der Waals surface area (Å²) in [5.74, 6) is 0.441. The molecule has 2 aromatic rings. The van der Waals surface area contributed by atoms with Crippen molar-refractivity contribution < 1.29 is 26.3 Å². The van der Waals surface area contributed by atoms with E-state index in [1.807, 2.05) is 0 Å². The van der Waals surface area contributed by atoms with Crippen molar-refractivity contribution >= 4 is 27.3 Å². The van der Waals surface area contributed by atoms with Crippen LogP contribution >= 0.6 is 11.6 Å². The molecule has 140 valence electrons. The van der Waals surface area contributed by atoms with Gasteiger partial charge in [0.15, 0.2) is 0 Å². The first-order valence-electron chi connectivity index (χ1n) is 7.25. The molecule has 2 aromatic carbocycles. The Kier molecular flexibility index (Phi) is 5.87. The number of hydrogen-bond donors (Lipinski definition) is 0. The van der Waals surface area contributed by atoms with Crippen molar-refractivity contribution in [3.63, 3.8) is 0 Å². The Morgan fingerprint density at radius 1 is 1.19 bits per heavy atom. The lowest BCUT2D eigenvalue weighted by molar-refractivity contribution is -0.137. The Labute approximate surface area is 154 Å². The SMILES string of the molecule is C=CCN(c1cc(C(F)(F)F)ccc1Cl)S(=O)(=O)c1ccc(OC)cc1. The molecule has 0 fully saturated rings. The molecule has 0 N–H and O–H groups in total. The first-order chi connectivity index (χ1) is 12.1. The standard InChI is InChI=1S/C17H15ClF3NO3S/c1-3-10-22(16-11-12(17(19,20)21)4-9-15(16)18)26(23,24)14-7-5-13(25-2)6-8-14/h3-9,11H,1,10H2,2H3. The highest BCUT2D eigenvalue weighted by Gasteiger charge is 2.33. The molecule has 0 spiro atoms. The van der Waals surface area contributed by atoms with Crippen LogP contribution in [0.4, 0.5) is 18.9 Å². The fourth-order valence-electron chi connectivity index (χ4n) is 2.20. The Bertz CT molecular complexity index is 896. The number of alkyl halides is 3. The van der Waals surface area contributed by atoms with Crippen LogP contribution in [-0.2, 0) is 16.2 Å². The maximum atomic E-state index is 13.0. The van der Waals surface area contributed by atoms with Gasteiger partial charge in [-0.25, -0.2) is 8.42 Å². The number of methoxy groups -OCH3 is 1. The molecular weight excluding hydrogens is 391 g/mol. The second kappa shape index (κ2) is 7.59. The minimum Gasteiger partial charge on any atom is -0.497 e. The van der Waals surface area contributed by atoms with Crippen LogP contribution in [0.25, 0.3) is 0 Å². The molecule has 0 atom stereocenters. The van der Waals surface area contributed by atoms with Crippen molar-refractivity contribution in [2.24, 2.45) is 0 Å². The second-order valence-corrected chi connectivity index (χ2v) is 7.43. The van der Waals surface area contributed by atoms with E-state index in [4.69, 9.17) is 16.3 Å². The smallest absolute Gasteiger partial charge is 0.416 e. The number of halogens is 4. The van der Waals surface area contributed by atoms with E-state index in [2.05, 4.69) is 6.58 Å². The molecule has 26 heavy (non-hydrogen) atoms. The summed E-state index contributed by atoms with van der Waals surface area (Å²) in [6.45, 7) is 3.22. The van der Waals surface area contributed by atoms with Crippen LogP contribution in [0.2, 0.25) is 5.02 Å². The normalized spacial score (nSPS) is 11.9. The first-order valence-corrected chi connectivity index (χ1v) is 9.07. The van der Waals surface area contributed by atoms with Crippen LogP contribution in [0.1, 0.15) is 5.56 Å². The average molecular weight is 406 g/mol. The van der Waals surface area contributed by atoms with Crippen molar-refractivity contribution in [3.8, 4) is 5.75 Å². The van der Waals surface area contributed by atoms with Gasteiger partial charge in [-0.05, 0) is 42.5 Å². The molecule has 0 radical (unpaired) electrons. The monoisotopic (exact) mass is 405 g/mol. The van der Waals surface area contributed by atoms with E-state index >= 15 is 0 Å². The van der Waals surface area contributed by atoms with Crippen molar-refractivity contribution in [1.29, 1.82) is 0 Å². The van der Waals surface area contributed by atoms with Gasteiger partial charge in [0.2, 0.25) is 0 Å². The summed E-state index contributed by atoms with van der Waals surface area (Å²) in [6, 6.07) is 7.97. The summed E-state index contributed by atoms with van der Waals surface area (Å²) in [5.41, 5.74) is -1.28. The van der Waals surface area contributed by atoms with E-state index in [9.17, 15) is 21.6 Å². The minimum absolute atomic E-state index is 0.117. The maximum absolute atomic E-state index is 13.0. The highest BCUT2D eigenvalue weighted by Crippen LogP contribution is 2.37. The number of nitrogens with zero attached hydrogens (tertiary/aromatic N) is 1. The molecule has 0 heterocycles. The molecule has 0 saturated carbocycles. The Morgan fingerprint density at radius 3 is 2.31 bits per heavy atom. The predicted octanol–water partition coefficient (Wildman–Crippen LogP) is 4.75. The van der Waals surface area contributed by atoms with Gasteiger partial charge in [-0.1, -0.05) is 17.7 Å². The van der Waals surface area contributed by atoms with E-state index in [-0.39, 0.29) is 22.2 Å². The summed E-state index contributed by atoms with van der Waals surface area (Å²) in [4.78, 5) is -0.117. The molecule has 0 unspecified atom stereocenters. The van der Waals surface area contributed by atoms with E-state index in [0.29, 0.717) is 11.8 Å². The van der Waals surface area contributed by atoms with Crippen LogP contribution in [0, 0.1) is 0 Å². The molecule has 0 aliphatic carbocycles. The van der Waals surface area contributed by atoms with Crippen LogP contribution in [0.3, 0.4) is 0 Å². The van der Waals surface area contributed by atoms with Crippen molar-refractivity contribution in [2.45, 2.75) is 11.1 Å². The number of ether oxygens (including phenoxy) is 1. The summed E-state index contributed by atoms with van der Waals surface area (Å²) < 4.78 is 70.6. The zero-order valence-electron chi connectivity index (χ0n) is 13.6. The summed E-state index contributed by atoms with van der Waals surface area (Å²) in [5, 5.41) is -0.128. The van der Waals surface area contributed by atoms with Gasteiger partial charge in [0.05, 0.1) is 34.8 Å². The second-order valence-electron chi connectivity index (χ2n) is 5.16. The highest BCUT2D eigenvalue weighted by molar-refractivity contribution is 7.92. The lowest BCUT2D eigenvalue weighted by Gasteiger charge is -2.25. The van der Waals surface area contributed by atoms with Crippen molar-refractivity contribution in [3.05, 3.63) is 65.7 Å². The van der Waals surface area contributed by atoms with Gasteiger partial charge in [-0.3, -0.25) is 4.31 Å². The lowest BCUT2D eigenvalue weighted by atomic mass is 10.2. The minimum atomic E-state index is -4.64. The molecule has 9 heteroatoms. The largest absolute Gasteiger partial charge is 0.497 e. The Balaban J connectivity index is 2.59. The third-order valence-corrected chi connectivity index (χ3v) is 5.60. The molecule has 0 saturated heterocycles. The van der Waals surface area contributed by atoms with Gasteiger partial charge in [0.1, 0.15) is 5.75 Å². The highest BCUT2D eigenvalue weighted by atomic mass is 35.5. The molecule has 0 bridgehead atoms. The molecule has 0 aromatic heterocycles. The molecule has 0 aliphatic rings. The van der Waals surface area contributed by atoms with E-state index < -0.39 is 21.8 Å². The average Bonchev–Trinajstić information content (AvgIpc) is 2.59. The number of benzene rings is 2. The Hall–Kier alpha value is -2.19. The zero-order chi connectivity index (χ0) is 19.5. The molecule has 0 amide bonds. The van der Waals surface area contributed by atoms with Gasteiger partial charge in [0, 0.05) is 0 Å². The van der Waals surface area contributed by atoms with Crippen molar-refractivity contribution in [1.82, 2.24) is 0 Å². The fraction of sp³-hybridized carbons (Fsp3) is 0.176. The number of sulfonamides is 1. The lowest BCUT2D eigenvalue weighted by Crippen LogP contribution is -2.31. The predicted molar refractivity (Wildman–Crippen MR) is 94.2 cm³/mol. The Morgan fingerprint density at radius 2 is 1.81 bits per heavy atom. The molecule has 2 rings (SSSR count). The van der Waals surface area contributed by atoms with Gasteiger partial charge < -0.3 is 4.74 Å². The third kappa shape index (κ3) is 4.13. The van der Waals surface area contributed by atoms with Crippen LogP contribution < -0.4 is 9.04 Å². The summed E-state index contributed by atoms with van der Waals surface area (Å²) >= 11 is 5.99. The fourth-order valence-corrected chi connectivity index (χ4v) is 3.91.